The molecule has 1 saturated carbocycles. The second-order valence-electron chi connectivity index (χ2n) is 9.68. The Morgan fingerprint density at radius 1 is 1.06 bits per heavy atom. The summed E-state index contributed by atoms with van der Waals surface area (Å²) in [7, 11) is 0. The van der Waals surface area contributed by atoms with E-state index in [2.05, 4.69) is 20.9 Å². The number of hydrogen-bond acceptors (Lipinski definition) is 6. The van der Waals surface area contributed by atoms with E-state index in [0.29, 0.717) is 25.5 Å². The van der Waals surface area contributed by atoms with Crippen molar-refractivity contribution in [1.82, 2.24) is 19.9 Å². The molecule has 5 rings (SSSR count). The van der Waals surface area contributed by atoms with Crippen molar-refractivity contribution in [2.24, 2.45) is 5.92 Å². The van der Waals surface area contributed by atoms with Crippen LogP contribution in [0.25, 0.3) is 11.1 Å². The van der Waals surface area contributed by atoms with Crippen molar-refractivity contribution >= 4 is 11.9 Å². The Bertz CT molecular complexity index is 926. The highest BCUT2D eigenvalue weighted by Crippen LogP contribution is 2.35. The first-order chi connectivity index (χ1) is 16.3. The molecular formula is C26H35N5O2. The standard InChI is InChI=1S/C26H35N5O2/c32-24(10-9-20-5-1-2-6-20)31-12-4-8-22(19-31)25-23(21-7-3-11-27-17-21)18-28-26(29-25)30-13-15-33-16-14-30/h3,7,11,17-18,20,22H,1-2,4-6,8-10,12-16,19H2/t22-/m1/s1. The smallest absolute Gasteiger partial charge is 0.225 e. The summed E-state index contributed by atoms with van der Waals surface area (Å²) in [6, 6.07) is 4.02. The van der Waals surface area contributed by atoms with Gasteiger partial charge in [-0.15, -0.1) is 0 Å². The van der Waals surface area contributed by atoms with E-state index in [9.17, 15) is 4.79 Å². The van der Waals surface area contributed by atoms with Crippen molar-refractivity contribution in [2.75, 3.05) is 44.3 Å². The predicted octanol–water partition coefficient (Wildman–Crippen LogP) is 4.05. The molecule has 4 heterocycles. The molecule has 7 heteroatoms. The van der Waals surface area contributed by atoms with Gasteiger partial charge in [-0.3, -0.25) is 9.78 Å². The predicted molar refractivity (Wildman–Crippen MR) is 128 cm³/mol. The van der Waals surface area contributed by atoms with Gasteiger partial charge in [-0.25, -0.2) is 9.97 Å². The van der Waals surface area contributed by atoms with Crippen LogP contribution in [0.3, 0.4) is 0 Å². The van der Waals surface area contributed by atoms with Crippen LogP contribution in [-0.4, -0.2) is 65.2 Å². The van der Waals surface area contributed by atoms with E-state index >= 15 is 0 Å². The number of piperidine rings is 1. The number of nitrogens with zero attached hydrogens (tertiary/aromatic N) is 5. The zero-order valence-corrected chi connectivity index (χ0v) is 19.5. The third-order valence-corrected chi connectivity index (χ3v) is 7.47. The largest absolute Gasteiger partial charge is 0.378 e. The molecule has 3 fully saturated rings. The Hall–Kier alpha value is -2.54. The molecule has 2 aliphatic heterocycles. The maximum absolute atomic E-state index is 13.1. The van der Waals surface area contributed by atoms with E-state index in [1.165, 1.54) is 25.7 Å². The fourth-order valence-corrected chi connectivity index (χ4v) is 5.57. The number of morpholine rings is 1. The molecule has 33 heavy (non-hydrogen) atoms. The molecule has 0 unspecified atom stereocenters. The van der Waals surface area contributed by atoms with Gasteiger partial charge in [0, 0.05) is 68.2 Å². The molecule has 2 aromatic heterocycles. The molecule has 1 amide bonds. The Morgan fingerprint density at radius 2 is 1.91 bits per heavy atom. The molecule has 2 aromatic rings. The molecule has 0 N–H and O–H groups in total. The molecule has 2 saturated heterocycles. The number of carbonyl (C=O) groups excluding carboxylic acids is 1. The van der Waals surface area contributed by atoms with Crippen LogP contribution >= 0.6 is 0 Å². The summed E-state index contributed by atoms with van der Waals surface area (Å²) in [5, 5.41) is 0. The van der Waals surface area contributed by atoms with Crippen LogP contribution in [-0.2, 0) is 9.53 Å². The Morgan fingerprint density at radius 3 is 2.70 bits per heavy atom. The summed E-state index contributed by atoms with van der Waals surface area (Å²) in [5.41, 5.74) is 3.11. The number of carbonyl (C=O) groups is 1. The Labute approximate surface area is 196 Å². The lowest BCUT2D eigenvalue weighted by Gasteiger charge is -2.34. The third kappa shape index (κ3) is 5.35. The van der Waals surface area contributed by atoms with Gasteiger partial charge in [-0.1, -0.05) is 31.7 Å². The zero-order chi connectivity index (χ0) is 22.5. The first-order valence-corrected chi connectivity index (χ1v) is 12.7. The van der Waals surface area contributed by atoms with Gasteiger partial charge in [0.1, 0.15) is 0 Å². The van der Waals surface area contributed by atoms with Gasteiger partial charge in [-0.05, 0) is 31.2 Å². The quantitative estimate of drug-likeness (QED) is 0.663. The van der Waals surface area contributed by atoms with Crippen molar-refractivity contribution in [2.45, 2.75) is 57.3 Å². The minimum atomic E-state index is 0.215. The first kappa shape index (κ1) is 22.3. The van der Waals surface area contributed by atoms with Crippen LogP contribution in [0, 0.1) is 5.92 Å². The van der Waals surface area contributed by atoms with Crippen molar-refractivity contribution in [1.29, 1.82) is 0 Å². The molecule has 0 radical (unpaired) electrons. The Balaban J connectivity index is 1.36. The fourth-order valence-electron chi connectivity index (χ4n) is 5.57. The van der Waals surface area contributed by atoms with Gasteiger partial charge < -0.3 is 14.5 Å². The summed E-state index contributed by atoms with van der Waals surface area (Å²) >= 11 is 0. The van der Waals surface area contributed by atoms with Gasteiger partial charge in [0.05, 0.1) is 18.9 Å². The summed E-state index contributed by atoms with van der Waals surface area (Å²) in [6.07, 6.45) is 14.7. The van der Waals surface area contributed by atoms with Crippen molar-refractivity contribution < 1.29 is 9.53 Å². The number of likely N-dealkylation sites (tertiary alicyclic amines) is 1. The maximum atomic E-state index is 13.1. The monoisotopic (exact) mass is 449 g/mol. The minimum Gasteiger partial charge on any atom is -0.378 e. The molecule has 3 aliphatic rings. The molecular weight excluding hydrogens is 414 g/mol. The molecule has 1 atom stereocenters. The molecule has 0 aromatic carbocycles. The summed E-state index contributed by atoms with van der Waals surface area (Å²) in [6.45, 7) is 4.63. The SMILES string of the molecule is O=C(CCC1CCCC1)N1CCC[C@@H](c2nc(N3CCOCC3)ncc2-c2cccnc2)C1. The molecule has 0 bridgehead atoms. The van der Waals surface area contributed by atoms with Crippen LogP contribution in [0.15, 0.2) is 30.7 Å². The van der Waals surface area contributed by atoms with Crippen molar-refractivity contribution in [3.05, 3.63) is 36.4 Å². The van der Waals surface area contributed by atoms with Gasteiger partial charge in [0.15, 0.2) is 0 Å². The number of hydrogen-bond donors (Lipinski definition) is 0. The summed E-state index contributed by atoms with van der Waals surface area (Å²) < 4.78 is 5.51. The number of amides is 1. The summed E-state index contributed by atoms with van der Waals surface area (Å²) in [5.74, 6) is 2.06. The lowest BCUT2D eigenvalue weighted by molar-refractivity contribution is -0.132. The molecule has 176 valence electrons. The van der Waals surface area contributed by atoms with E-state index < -0.39 is 0 Å². The molecule has 7 nitrogen and oxygen atoms in total. The van der Waals surface area contributed by atoms with E-state index in [1.807, 2.05) is 18.5 Å². The normalized spacial score (nSPS) is 22.0. The van der Waals surface area contributed by atoms with Gasteiger partial charge in [0.2, 0.25) is 11.9 Å². The average molecular weight is 450 g/mol. The van der Waals surface area contributed by atoms with Crippen molar-refractivity contribution in [3.63, 3.8) is 0 Å². The third-order valence-electron chi connectivity index (χ3n) is 7.47. The molecule has 0 spiro atoms. The number of pyridine rings is 1. The van der Waals surface area contributed by atoms with E-state index in [4.69, 9.17) is 14.7 Å². The van der Waals surface area contributed by atoms with E-state index in [-0.39, 0.29) is 5.92 Å². The van der Waals surface area contributed by atoms with Crippen LogP contribution < -0.4 is 4.90 Å². The molecule has 1 aliphatic carbocycles. The lowest BCUT2D eigenvalue weighted by Crippen LogP contribution is -2.40. The number of ether oxygens (including phenoxy) is 1. The van der Waals surface area contributed by atoms with Gasteiger partial charge in [0.25, 0.3) is 0 Å². The van der Waals surface area contributed by atoms with Crippen LogP contribution in [0.2, 0.25) is 0 Å². The highest BCUT2D eigenvalue weighted by molar-refractivity contribution is 5.76. The second kappa shape index (κ2) is 10.6. The first-order valence-electron chi connectivity index (χ1n) is 12.7. The number of aromatic nitrogens is 3. The topological polar surface area (TPSA) is 71.5 Å². The Kier molecular flexibility index (Phi) is 7.15. The van der Waals surface area contributed by atoms with Gasteiger partial charge >= 0.3 is 0 Å². The minimum absolute atomic E-state index is 0.215. The highest BCUT2D eigenvalue weighted by atomic mass is 16.5. The van der Waals surface area contributed by atoms with Crippen molar-refractivity contribution in [3.8, 4) is 11.1 Å². The van der Waals surface area contributed by atoms with Crippen LogP contribution in [0.5, 0.6) is 0 Å². The van der Waals surface area contributed by atoms with Crippen LogP contribution in [0.4, 0.5) is 5.95 Å². The average Bonchev–Trinajstić information content (AvgIpc) is 3.42. The lowest BCUT2D eigenvalue weighted by atomic mass is 9.90. The van der Waals surface area contributed by atoms with E-state index in [1.54, 1.807) is 6.20 Å². The van der Waals surface area contributed by atoms with Gasteiger partial charge in [-0.2, -0.15) is 0 Å². The zero-order valence-electron chi connectivity index (χ0n) is 19.5. The number of anilines is 1. The van der Waals surface area contributed by atoms with Crippen LogP contribution in [0.1, 0.15) is 63.0 Å². The highest BCUT2D eigenvalue weighted by Gasteiger charge is 2.29. The summed E-state index contributed by atoms with van der Waals surface area (Å²) in [4.78, 5) is 31.5. The number of rotatable bonds is 6. The van der Waals surface area contributed by atoms with E-state index in [0.717, 1.165) is 74.1 Å². The fraction of sp³-hybridized carbons (Fsp3) is 0.615. The second-order valence-corrected chi connectivity index (χ2v) is 9.68. The maximum Gasteiger partial charge on any atom is 0.225 e.